The minimum absolute atomic E-state index is 0.175. The molecule has 1 aromatic carbocycles. The van der Waals surface area contributed by atoms with Crippen molar-refractivity contribution in [3.8, 4) is 0 Å². The molecular weight excluding hydrogens is 246 g/mol. The second-order valence-electron chi connectivity index (χ2n) is 6.05. The summed E-state index contributed by atoms with van der Waals surface area (Å²) in [5.41, 5.74) is 8.30. The number of amidine groups is 1. The van der Waals surface area contributed by atoms with E-state index in [9.17, 15) is 0 Å². The number of hydrogen-bond donors (Lipinski definition) is 2. The topological polar surface area (TPSA) is 53.1 Å². The van der Waals surface area contributed by atoms with E-state index in [0.717, 1.165) is 25.2 Å². The summed E-state index contributed by atoms with van der Waals surface area (Å²) in [5.74, 6) is 0.175. The van der Waals surface area contributed by atoms with E-state index < -0.39 is 0 Å². The average Bonchev–Trinajstić information content (AvgIpc) is 2.49. The Balaban J connectivity index is 2.01. The molecule has 0 atom stereocenters. The first kappa shape index (κ1) is 15.0. The van der Waals surface area contributed by atoms with E-state index in [1.807, 2.05) is 18.2 Å². The van der Waals surface area contributed by atoms with Gasteiger partial charge < -0.3 is 5.73 Å². The van der Waals surface area contributed by atoms with Crippen LogP contribution in [0.15, 0.2) is 24.3 Å². The van der Waals surface area contributed by atoms with Crippen LogP contribution in [0.1, 0.15) is 50.7 Å². The van der Waals surface area contributed by atoms with Gasteiger partial charge in [0, 0.05) is 12.1 Å². The van der Waals surface area contributed by atoms with Crippen LogP contribution >= 0.6 is 0 Å². The van der Waals surface area contributed by atoms with Crippen LogP contribution in [0.5, 0.6) is 0 Å². The van der Waals surface area contributed by atoms with Gasteiger partial charge in [-0.05, 0) is 36.9 Å². The number of piperidine rings is 1. The molecule has 110 valence electrons. The van der Waals surface area contributed by atoms with Crippen molar-refractivity contribution in [2.24, 2.45) is 11.1 Å². The number of hydrogen-bond acceptors (Lipinski definition) is 2. The summed E-state index contributed by atoms with van der Waals surface area (Å²) in [6.07, 6.45) is 5.17. The van der Waals surface area contributed by atoms with Gasteiger partial charge in [-0.3, -0.25) is 10.3 Å². The quantitative estimate of drug-likeness (QED) is 0.638. The maximum absolute atomic E-state index is 7.68. The zero-order valence-electron chi connectivity index (χ0n) is 12.8. The monoisotopic (exact) mass is 273 g/mol. The second kappa shape index (κ2) is 6.40. The second-order valence-corrected chi connectivity index (χ2v) is 6.05. The normalized spacial score (nSPS) is 18.9. The van der Waals surface area contributed by atoms with Crippen molar-refractivity contribution in [2.45, 2.75) is 46.1 Å². The zero-order valence-corrected chi connectivity index (χ0v) is 12.8. The fraction of sp³-hybridized carbons (Fsp3) is 0.588. The van der Waals surface area contributed by atoms with E-state index in [-0.39, 0.29) is 5.84 Å². The molecule has 1 saturated heterocycles. The number of likely N-dealkylation sites (tertiary alicyclic amines) is 1. The number of benzene rings is 1. The molecule has 1 aliphatic heterocycles. The smallest absolute Gasteiger partial charge is 0.123 e. The Hall–Kier alpha value is -1.35. The molecule has 0 amide bonds. The van der Waals surface area contributed by atoms with Gasteiger partial charge in [0.1, 0.15) is 5.84 Å². The van der Waals surface area contributed by atoms with Crippen molar-refractivity contribution >= 4 is 5.84 Å². The lowest BCUT2D eigenvalue weighted by atomic mass is 9.74. The highest BCUT2D eigenvalue weighted by molar-refractivity contribution is 5.96. The van der Waals surface area contributed by atoms with Gasteiger partial charge in [0.05, 0.1) is 0 Å². The fourth-order valence-electron chi connectivity index (χ4n) is 3.30. The lowest BCUT2D eigenvalue weighted by Gasteiger charge is -2.41. The Bertz CT molecular complexity index is 453. The summed E-state index contributed by atoms with van der Waals surface area (Å²) < 4.78 is 0. The molecule has 3 N–H and O–H groups in total. The van der Waals surface area contributed by atoms with E-state index in [0.29, 0.717) is 5.41 Å². The summed E-state index contributed by atoms with van der Waals surface area (Å²) in [4.78, 5) is 2.51. The first-order valence-corrected chi connectivity index (χ1v) is 7.75. The number of nitrogens with zero attached hydrogens (tertiary/aromatic N) is 1. The molecular formula is C17H27N3. The maximum Gasteiger partial charge on any atom is 0.123 e. The molecule has 0 bridgehead atoms. The van der Waals surface area contributed by atoms with Gasteiger partial charge in [-0.15, -0.1) is 0 Å². The van der Waals surface area contributed by atoms with E-state index in [2.05, 4.69) is 24.8 Å². The van der Waals surface area contributed by atoms with Crippen LogP contribution in [0.4, 0.5) is 0 Å². The predicted octanol–water partition coefficient (Wildman–Crippen LogP) is 3.37. The van der Waals surface area contributed by atoms with Gasteiger partial charge >= 0.3 is 0 Å². The van der Waals surface area contributed by atoms with Crippen LogP contribution in [0.2, 0.25) is 0 Å². The Kier molecular flexibility index (Phi) is 4.81. The molecule has 0 spiro atoms. The van der Waals surface area contributed by atoms with Crippen LogP contribution < -0.4 is 5.73 Å². The van der Waals surface area contributed by atoms with Crippen molar-refractivity contribution in [1.82, 2.24) is 4.90 Å². The molecule has 0 aliphatic carbocycles. The van der Waals surface area contributed by atoms with Gasteiger partial charge in [-0.1, -0.05) is 51.0 Å². The SMILES string of the molecule is CCC1(CC)CCN(Cc2ccccc2C(=N)N)CC1. The van der Waals surface area contributed by atoms with Gasteiger partial charge in [-0.2, -0.15) is 0 Å². The predicted molar refractivity (Wildman–Crippen MR) is 85.0 cm³/mol. The third-order valence-electron chi connectivity index (χ3n) is 5.12. The van der Waals surface area contributed by atoms with Crippen LogP contribution in [-0.4, -0.2) is 23.8 Å². The summed E-state index contributed by atoms with van der Waals surface area (Å²) in [7, 11) is 0. The number of nitrogen functional groups attached to an aromatic ring is 1. The molecule has 3 nitrogen and oxygen atoms in total. The molecule has 0 radical (unpaired) electrons. The van der Waals surface area contributed by atoms with Crippen LogP contribution in [-0.2, 0) is 6.54 Å². The highest BCUT2D eigenvalue weighted by atomic mass is 15.1. The molecule has 2 rings (SSSR count). The minimum atomic E-state index is 0.175. The Morgan fingerprint density at radius 2 is 1.80 bits per heavy atom. The molecule has 0 saturated carbocycles. The van der Waals surface area contributed by atoms with Gasteiger partial charge in [0.2, 0.25) is 0 Å². The van der Waals surface area contributed by atoms with Crippen molar-refractivity contribution in [3.05, 3.63) is 35.4 Å². The van der Waals surface area contributed by atoms with Crippen molar-refractivity contribution in [3.63, 3.8) is 0 Å². The Morgan fingerprint density at radius 3 is 2.35 bits per heavy atom. The standard InChI is InChI=1S/C17H27N3/c1-3-17(4-2)9-11-20(12-10-17)13-14-7-5-6-8-15(14)16(18)19/h5-8H,3-4,9-13H2,1-2H3,(H3,18,19). The van der Waals surface area contributed by atoms with E-state index in [4.69, 9.17) is 11.1 Å². The third-order valence-corrected chi connectivity index (χ3v) is 5.12. The third kappa shape index (κ3) is 3.21. The minimum Gasteiger partial charge on any atom is -0.384 e. The molecule has 1 aliphatic rings. The van der Waals surface area contributed by atoms with Crippen molar-refractivity contribution < 1.29 is 0 Å². The number of rotatable bonds is 5. The van der Waals surface area contributed by atoms with E-state index >= 15 is 0 Å². The lowest BCUT2D eigenvalue weighted by Crippen LogP contribution is -2.39. The van der Waals surface area contributed by atoms with Crippen molar-refractivity contribution in [1.29, 1.82) is 5.41 Å². The molecule has 0 aromatic heterocycles. The molecule has 1 fully saturated rings. The maximum atomic E-state index is 7.68. The largest absolute Gasteiger partial charge is 0.384 e. The summed E-state index contributed by atoms with van der Waals surface area (Å²) in [6.45, 7) is 7.88. The zero-order chi connectivity index (χ0) is 14.6. The van der Waals surface area contributed by atoms with Crippen LogP contribution in [0.25, 0.3) is 0 Å². The van der Waals surface area contributed by atoms with Crippen LogP contribution in [0.3, 0.4) is 0 Å². The molecule has 0 unspecified atom stereocenters. The van der Waals surface area contributed by atoms with E-state index in [1.165, 1.54) is 31.2 Å². The van der Waals surface area contributed by atoms with Gasteiger partial charge in [0.15, 0.2) is 0 Å². The van der Waals surface area contributed by atoms with Crippen LogP contribution in [0, 0.1) is 10.8 Å². The summed E-state index contributed by atoms with van der Waals surface area (Å²) in [5, 5.41) is 7.68. The molecule has 20 heavy (non-hydrogen) atoms. The number of nitrogens with one attached hydrogen (secondary N) is 1. The fourth-order valence-corrected chi connectivity index (χ4v) is 3.30. The average molecular weight is 273 g/mol. The molecule has 1 heterocycles. The van der Waals surface area contributed by atoms with Crippen molar-refractivity contribution in [2.75, 3.05) is 13.1 Å². The van der Waals surface area contributed by atoms with Gasteiger partial charge in [0.25, 0.3) is 0 Å². The Labute approximate surface area is 122 Å². The number of nitrogens with two attached hydrogens (primary N) is 1. The highest BCUT2D eigenvalue weighted by Crippen LogP contribution is 2.38. The molecule has 3 heteroatoms. The first-order valence-electron chi connectivity index (χ1n) is 7.75. The summed E-state index contributed by atoms with van der Waals surface area (Å²) in [6, 6.07) is 8.03. The summed E-state index contributed by atoms with van der Waals surface area (Å²) >= 11 is 0. The first-order chi connectivity index (χ1) is 9.60. The highest BCUT2D eigenvalue weighted by Gasteiger charge is 2.31. The van der Waals surface area contributed by atoms with E-state index in [1.54, 1.807) is 0 Å². The Morgan fingerprint density at radius 1 is 1.20 bits per heavy atom. The lowest BCUT2D eigenvalue weighted by molar-refractivity contribution is 0.0908. The molecule has 1 aromatic rings. The van der Waals surface area contributed by atoms with Gasteiger partial charge in [-0.25, -0.2) is 0 Å².